The van der Waals surface area contributed by atoms with Crippen LogP contribution >= 0.6 is 45.2 Å². The van der Waals surface area contributed by atoms with Crippen LogP contribution in [0.15, 0.2) is 80.4 Å². The van der Waals surface area contributed by atoms with Gasteiger partial charge in [0.05, 0.1) is 29.3 Å². The molecule has 0 saturated heterocycles. The number of nitrogens with one attached hydrogen (secondary N) is 4. The first-order valence-electron chi connectivity index (χ1n) is 16.4. The summed E-state index contributed by atoms with van der Waals surface area (Å²) < 4.78 is 36.0. The molecule has 0 spiro atoms. The summed E-state index contributed by atoms with van der Waals surface area (Å²) in [6, 6.07) is 11.2. The minimum atomic E-state index is -0.668. The van der Waals surface area contributed by atoms with Gasteiger partial charge in [0.2, 0.25) is 11.8 Å². The van der Waals surface area contributed by atoms with Gasteiger partial charge in [0.15, 0.2) is 0 Å². The number of carbonyl (C=O) groups is 2. The van der Waals surface area contributed by atoms with Crippen molar-refractivity contribution < 1.29 is 18.4 Å². The molecule has 0 fully saturated rings. The van der Waals surface area contributed by atoms with E-state index in [0.717, 1.165) is 0 Å². The van der Waals surface area contributed by atoms with Gasteiger partial charge < -0.3 is 30.4 Å². The first kappa shape index (κ1) is 39.2. The van der Waals surface area contributed by atoms with Crippen LogP contribution in [0.3, 0.4) is 0 Å². The van der Waals surface area contributed by atoms with Gasteiger partial charge in [-0.25, -0.2) is 8.78 Å². The average Bonchev–Trinajstić information content (AvgIpc) is 3.13. The third kappa shape index (κ3) is 8.58. The second-order valence-electron chi connectivity index (χ2n) is 12.2. The van der Waals surface area contributed by atoms with Gasteiger partial charge in [-0.2, -0.15) is 9.97 Å². The molecular formula is C35H30F2I2N10O6. The maximum absolute atomic E-state index is 14.6. The third-order valence-corrected chi connectivity index (χ3v) is 9.86. The lowest BCUT2D eigenvalue weighted by Crippen LogP contribution is -2.38. The van der Waals surface area contributed by atoms with Crippen molar-refractivity contribution in [3.05, 3.63) is 121 Å². The van der Waals surface area contributed by atoms with Crippen molar-refractivity contribution in [1.29, 1.82) is 0 Å². The van der Waals surface area contributed by atoms with Crippen LogP contribution in [0.4, 0.5) is 31.5 Å². The second kappa shape index (κ2) is 16.5. The number of fused-ring (bicyclic) bond motifs is 2. The number of carbonyl (C=O) groups excluding carboxylic acids is 2. The van der Waals surface area contributed by atoms with Crippen LogP contribution in [0.2, 0.25) is 0 Å². The minimum absolute atomic E-state index is 0.0144. The van der Waals surface area contributed by atoms with Gasteiger partial charge in [-0.1, -0.05) is 0 Å². The maximum atomic E-state index is 14.6. The molecule has 0 unspecified atom stereocenters. The molecule has 0 atom stereocenters. The lowest BCUT2D eigenvalue weighted by molar-refractivity contribution is -0.126. The van der Waals surface area contributed by atoms with Gasteiger partial charge in [-0.3, -0.25) is 37.9 Å². The molecule has 55 heavy (non-hydrogen) atoms. The number of pyridine rings is 2. The highest BCUT2D eigenvalue weighted by atomic mass is 127. The quantitative estimate of drug-likeness (QED) is 0.133. The van der Waals surface area contributed by atoms with Crippen molar-refractivity contribution in [2.45, 2.75) is 19.5 Å². The highest BCUT2D eigenvalue weighted by Gasteiger charge is 2.18. The zero-order valence-corrected chi connectivity index (χ0v) is 33.3. The van der Waals surface area contributed by atoms with Crippen LogP contribution in [0.1, 0.15) is 6.42 Å². The number of aryl methyl sites for hydroxylation is 3. The third-order valence-electron chi connectivity index (χ3n) is 8.52. The standard InChI is InChI=1S/C35H30F2I2N10O6/c1-46-28(52)13-24(44-22-5-3-18(38)11-20(22)36)30-32(54)42-16-48(34(30)46)9-7-26(50)41-15-27(51)40-8-10-49-17-43-33(55)31-25(14-29(53)47(2)35(31)49)45-23-6-4-19(39)12-21(23)37/h3-6,11-14,16-17,44-45H,7-10,15H2,1-2H3,(H,40,51)(H,41,50). The fourth-order valence-electron chi connectivity index (χ4n) is 5.81. The van der Waals surface area contributed by atoms with Crippen LogP contribution in [0, 0.1) is 18.8 Å². The summed E-state index contributed by atoms with van der Waals surface area (Å²) in [5.41, 5.74) is -1.72. The van der Waals surface area contributed by atoms with Gasteiger partial charge in [-0.05, 0) is 81.6 Å². The number of amides is 2. The first-order chi connectivity index (χ1) is 26.2. The lowest BCUT2D eigenvalue weighted by atomic mass is 10.2. The van der Waals surface area contributed by atoms with Gasteiger partial charge in [-0.15, -0.1) is 0 Å². The van der Waals surface area contributed by atoms with E-state index in [1.807, 2.05) is 45.2 Å². The fourth-order valence-corrected chi connectivity index (χ4v) is 6.72. The molecule has 4 N–H and O–H groups in total. The Morgan fingerprint density at radius 3 is 1.60 bits per heavy atom. The number of benzene rings is 2. The number of hydrogen-bond acceptors (Lipinski definition) is 10. The summed E-state index contributed by atoms with van der Waals surface area (Å²) in [6.45, 7) is -0.300. The minimum Gasteiger partial charge on any atom is -0.353 e. The Morgan fingerprint density at radius 2 is 1.13 bits per heavy atom. The molecule has 6 rings (SSSR count). The molecular weight excluding hydrogens is 948 g/mol. The van der Waals surface area contributed by atoms with E-state index in [-0.39, 0.29) is 77.4 Å². The van der Waals surface area contributed by atoms with E-state index in [1.165, 1.54) is 81.4 Å². The largest absolute Gasteiger partial charge is 0.353 e. The van der Waals surface area contributed by atoms with E-state index >= 15 is 0 Å². The Bertz CT molecular complexity index is 2770. The predicted octanol–water partition coefficient (Wildman–Crippen LogP) is 2.80. The average molecular weight is 978 g/mol. The summed E-state index contributed by atoms with van der Waals surface area (Å²) in [4.78, 5) is 84.8. The van der Waals surface area contributed by atoms with Crippen LogP contribution in [-0.4, -0.2) is 53.1 Å². The van der Waals surface area contributed by atoms with Crippen molar-refractivity contribution in [1.82, 2.24) is 38.9 Å². The molecule has 0 bridgehead atoms. The van der Waals surface area contributed by atoms with E-state index < -0.39 is 45.7 Å². The van der Waals surface area contributed by atoms with Gasteiger partial charge in [0, 0.05) is 59.4 Å². The Morgan fingerprint density at radius 1 is 0.655 bits per heavy atom. The number of rotatable bonds is 12. The lowest BCUT2D eigenvalue weighted by Gasteiger charge is -2.17. The number of nitrogens with zero attached hydrogens (tertiary/aromatic N) is 6. The summed E-state index contributed by atoms with van der Waals surface area (Å²) in [6.07, 6.45) is 2.28. The second-order valence-corrected chi connectivity index (χ2v) is 14.7. The van der Waals surface area contributed by atoms with E-state index in [0.29, 0.717) is 7.14 Å². The van der Waals surface area contributed by atoms with Crippen LogP contribution in [-0.2, 0) is 36.8 Å². The number of halogens is 4. The van der Waals surface area contributed by atoms with E-state index in [2.05, 4.69) is 31.2 Å². The molecule has 0 saturated carbocycles. The first-order valence-corrected chi connectivity index (χ1v) is 18.5. The molecule has 0 radical (unpaired) electrons. The summed E-state index contributed by atoms with van der Waals surface area (Å²) in [5.74, 6) is -2.21. The zero-order chi connectivity index (χ0) is 39.6. The molecule has 0 aliphatic rings. The Balaban J connectivity index is 1.09. The highest BCUT2D eigenvalue weighted by molar-refractivity contribution is 14.1. The van der Waals surface area contributed by atoms with Gasteiger partial charge in [0.25, 0.3) is 22.2 Å². The zero-order valence-electron chi connectivity index (χ0n) is 29.0. The monoisotopic (exact) mass is 978 g/mol. The molecule has 20 heteroatoms. The molecule has 6 aromatic rings. The Kier molecular flexibility index (Phi) is 11.7. The Labute approximate surface area is 335 Å². The molecule has 0 aliphatic heterocycles. The summed E-state index contributed by atoms with van der Waals surface area (Å²) in [7, 11) is 2.92. The van der Waals surface area contributed by atoms with Crippen molar-refractivity contribution in [2.75, 3.05) is 23.7 Å². The SMILES string of the molecule is Cn1c(=O)cc(Nc2ccc(I)cc2F)c2c(=O)ncn(CCNC(=O)CNC(=O)CCn3cnc(=O)c4c(Nc5ccc(I)cc5F)cc(=O)n(C)c43)c21. The topological polar surface area (TPSA) is 196 Å². The molecule has 2 aromatic carbocycles. The highest BCUT2D eigenvalue weighted by Crippen LogP contribution is 2.26. The van der Waals surface area contributed by atoms with Crippen LogP contribution < -0.4 is 43.5 Å². The maximum Gasteiger partial charge on any atom is 0.284 e. The fraction of sp³-hybridized carbons (Fsp3) is 0.200. The molecule has 0 aliphatic carbocycles. The van der Waals surface area contributed by atoms with Crippen molar-refractivity contribution in [3.8, 4) is 0 Å². The molecule has 284 valence electrons. The Hall–Kier alpha value is -5.52. The van der Waals surface area contributed by atoms with Crippen molar-refractivity contribution in [2.24, 2.45) is 14.1 Å². The van der Waals surface area contributed by atoms with E-state index in [9.17, 15) is 37.5 Å². The molecule has 16 nitrogen and oxygen atoms in total. The predicted molar refractivity (Wildman–Crippen MR) is 218 cm³/mol. The molecule has 4 heterocycles. The normalized spacial score (nSPS) is 11.2. The number of hydrogen-bond donors (Lipinski definition) is 4. The molecule has 2 amide bonds. The van der Waals surface area contributed by atoms with E-state index in [4.69, 9.17) is 0 Å². The number of aromatic nitrogens is 6. The van der Waals surface area contributed by atoms with Crippen LogP contribution in [0.25, 0.3) is 22.1 Å². The summed E-state index contributed by atoms with van der Waals surface area (Å²) >= 11 is 3.92. The molecule has 4 aromatic heterocycles. The van der Waals surface area contributed by atoms with Crippen molar-refractivity contribution in [3.63, 3.8) is 0 Å². The van der Waals surface area contributed by atoms with Crippen LogP contribution in [0.5, 0.6) is 0 Å². The smallest absolute Gasteiger partial charge is 0.284 e. The number of anilines is 4. The summed E-state index contributed by atoms with van der Waals surface area (Å²) in [5, 5.41) is 10.9. The van der Waals surface area contributed by atoms with Gasteiger partial charge >= 0.3 is 0 Å². The van der Waals surface area contributed by atoms with E-state index in [1.54, 1.807) is 12.1 Å². The van der Waals surface area contributed by atoms with Crippen molar-refractivity contribution >= 4 is 102 Å². The van der Waals surface area contributed by atoms with Gasteiger partial charge in [0.1, 0.15) is 46.4 Å².